The molecule has 632 valence electrons. The van der Waals surface area contributed by atoms with Gasteiger partial charge in [0.15, 0.2) is 0 Å². The van der Waals surface area contributed by atoms with Crippen LogP contribution in [0.4, 0.5) is 0 Å². The van der Waals surface area contributed by atoms with Crippen molar-refractivity contribution in [3.63, 3.8) is 0 Å². The molecule has 0 bridgehead atoms. The van der Waals surface area contributed by atoms with E-state index in [0.717, 1.165) is 49.0 Å². The van der Waals surface area contributed by atoms with E-state index in [-0.39, 0.29) is 106 Å². The van der Waals surface area contributed by atoms with Crippen molar-refractivity contribution in [1.82, 2.24) is 82.9 Å². The van der Waals surface area contributed by atoms with E-state index in [4.69, 9.17) is 11.5 Å². The van der Waals surface area contributed by atoms with Crippen molar-refractivity contribution in [2.75, 3.05) is 24.6 Å². The fraction of sp³-hybridized carbons (Fsp3) is 0.519. The normalized spacial score (nSPS) is 19.5. The number of primary amides is 1. The van der Waals surface area contributed by atoms with E-state index in [1.54, 1.807) is 60.0 Å². The number of aromatic nitrogens is 4. The topological polar surface area (TPSA) is 519 Å². The summed E-state index contributed by atoms with van der Waals surface area (Å²) in [4.78, 5) is 217. The molecule has 0 radical (unpaired) electrons. The number of para-hydroxylation sites is 2. The smallest absolute Gasteiger partial charge is 0.326 e. The van der Waals surface area contributed by atoms with Crippen molar-refractivity contribution in [3.8, 4) is 5.75 Å². The number of H-pyrrole nitrogens is 3. The zero-order valence-electron chi connectivity index (χ0n) is 66.8. The van der Waals surface area contributed by atoms with Gasteiger partial charge >= 0.3 is 5.97 Å². The van der Waals surface area contributed by atoms with Gasteiger partial charge in [0.1, 0.15) is 78.3 Å². The summed E-state index contributed by atoms with van der Waals surface area (Å²) >= 11 is 0. The quantitative estimate of drug-likeness (QED) is 0.0249. The number of carbonyl (C=O) groups is 14. The van der Waals surface area contributed by atoms with Gasteiger partial charge in [-0.2, -0.15) is 0 Å². The summed E-state index contributed by atoms with van der Waals surface area (Å²) in [5.41, 5.74) is 16.1. The molecule has 0 unspecified atom stereocenters. The second-order valence-electron chi connectivity index (χ2n) is 31.4. The molecule has 0 spiro atoms. The number of imidazole rings is 1. The highest BCUT2D eigenvalue weighted by atomic mass is 33.1. The highest BCUT2D eigenvalue weighted by Crippen LogP contribution is 2.30. The first kappa shape index (κ1) is 89.9. The Hall–Kier alpha value is -11.0. The van der Waals surface area contributed by atoms with Crippen LogP contribution in [-0.2, 0) is 92.8 Å². The first-order valence-corrected chi connectivity index (χ1v) is 42.4. The third-order valence-electron chi connectivity index (χ3n) is 21.0. The lowest BCUT2D eigenvalue weighted by Crippen LogP contribution is -2.62. The van der Waals surface area contributed by atoms with Crippen molar-refractivity contribution in [1.29, 1.82) is 0 Å². The van der Waals surface area contributed by atoms with Gasteiger partial charge in [0, 0.05) is 96.4 Å². The summed E-state index contributed by atoms with van der Waals surface area (Å²) in [6.07, 6.45) is 7.46. The minimum Gasteiger partial charge on any atom is -0.508 e. The highest BCUT2D eigenvalue weighted by Gasteiger charge is 2.44. The number of unbranched alkanes of at least 4 members (excludes halogenated alkanes) is 1. The van der Waals surface area contributed by atoms with E-state index in [1.165, 1.54) is 46.6 Å². The number of benzene rings is 3. The molecule has 0 saturated carbocycles. The summed E-state index contributed by atoms with van der Waals surface area (Å²) < 4.78 is 0. The number of phenols is 1. The van der Waals surface area contributed by atoms with E-state index in [0.29, 0.717) is 42.5 Å². The molecule has 13 amide bonds. The molecule has 34 nitrogen and oxygen atoms in total. The number of aromatic amines is 3. The summed E-state index contributed by atoms with van der Waals surface area (Å²) in [6.45, 7) is 12.5. The molecule has 3 fully saturated rings. The SMILES string of the molecule is CCCC[C@H](NC(=O)[C@@H]1CCCN1C(=O)[C@@H]1CSSC[C@H](NC(=O)[C@H](CC(C)C)NC(=O)[C@H](CCC(N)=O)NC(=O)[C@H](CC(C)C)NC(=O)[C@H](Cc2c[nH]c3ccccc23)NC(=O)[C@H](Cc2cnc[nH]2)NC(=O)[C@@H](N)Cc2c[nH]c3ccccc23)C(=O)N2CCC[C@H]2C(=O)N[C@H](C(C)C)C(=O)N1)C(=O)N[C@@H](Cc1ccc(O)cc1)C(=O)O. The molecule has 6 heterocycles. The van der Waals surface area contributed by atoms with Gasteiger partial charge < -0.3 is 99.6 Å². The van der Waals surface area contributed by atoms with Crippen LogP contribution >= 0.6 is 21.6 Å². The molecule has 6 aromatic rings. The minimum absolute atomic E-state index is 0.0258. The van der Waals surface area contributed by atoms with Crippen molar-refractivity contribution in [2.45, 2.75) is 223 Å². The number of amides is 13. The van der Waals surface area contributed by atoms with Crippen LogP contribution in [0, 0.1) is 17.8 Å². The average Bonchev–Trinajstić information content (AvgIpc) is 1.71. The Bertz CT molecular complexity index is 4500. The van der Waals surface area contributed by atoms with Crippen LogP contribution < -0.4 is 64.6 Å². The molecule has 13 atom stereocenters. The molecule has 3 aromatic heterocycles. The Morgan fingerprint density at radius 3 is 1.74 bits per heavy atom. The number of likely N-dealkylation sites (tertiary alicyclic amines) is 1. The molecule has 3 aliphatic heterocycles. The maximum atomic E-state index is 15.1. The van der Waals surface area contributed by atoms with Gasteiger partial charge in [-0.3, -0.25) is 62.3 Å². The molecule has 19 N–H and O–H groups in total. The van der Waals surface area contributed by atoms with Gasteiger partial charge in [-0.1, -0.05) is 131 Å². The molecular formula is C81H110N18O16S2. The van der Waals surface area contributed by atoms with Crippen LogP contribution in [0.15, 0.2) is 97.7 Å². The van der Waals surface area contributed by atoms with E-state index in [1.807, 2.05) is 49.4 Å². The molecule has 36 heteroatoms. The number of carboxylic acid groups (broad SMARTS) is 1. The Balaban J connectivity index is 0.911. The second kappa shape index (κ2) is 42.7. The van der Waals surface area contributed by atoms with Crippen LogP contribution in [-0.4, -0.2) is 226 Å². The number of hydrogen-bond acceptors (Lipinski definition) is 19. The largest absolute Gasteiger partial charge is 0.508 e. The number of aromatic hydroxyl groups is 1. The number of hydrogen-bond donors (Lipinski definition) is 17. The fourth-order valence-corrected chi connectivity index (χ4v) is 17.0. The number of nitrogens with one attached hydrogen (secondary N) is 13. The Labute approximate surface area is 685 Å². The fourth-order valence-electron chi connectivity index (χ4n) is 14.7. The van der Waals surface area contributed by atoms with Gasteiger partial charge in [0.2, 0.25) is 76.8 Å². The Morgan fingerprint density at radius 2 is 1.14 bits per heavy atom. The molecule has 3 saturated heterocycles. The lowest BCUT2D eigenvalue weighted by atomic mass is 9.99. The predicted molar refractivity (Wildman–Crippen MR) is 439 cm³/mol. The summed E-state index contributed by atoms with van der Waals surface area (Å²) in [5.74, 6) is -12.9. The standard InChI is InChI=1S/C81H110N18O16S2/c1-8-9-18-56(70(103)94-62(81(114)115)33-46-23-25-50(100)26-24-46)89-76(109)65-21-14-29-98(65)80(113)64-41-117-116-40-63(79(112)99-30-15-22-66(99)77(110)97-68(45(6)7)78(111)96-64)95-73(106)59(32-44(4)5)91-71(104)57(27-28-67(83)101)88-72(105)58(31-43(2)3)92-74(107)60(35-48-38-86-55-20-13-11-17-52(48)55)93-75(108)61(36-49-39-84-42-87-49)90-69(102)53(82)34-47-37-85-54-19-12-10-16-51(47)54/h10-13,16-17,19-20,23-26,37-39,42-45,53,56-66,68,85-86,100H,8-9,14-15,18,21-22,27-36,40-41,82H2,1-7H3,(H2,83,101)(H,84,87)(H,88,105)(H,89,109)(H,90,102)(H,91,104)(H,92,107)(H,93,108)(H,94,103)(H,95,106)(H,96,111)(H,97,110)(H,114,115)/t53-,56-,57-,58-,59-,60-,61-,62-,63-,64-,65-,66-,68+/m0/s1. The van der Waals surface area contributed by atoms with Gasteiger partial charge in [-0.05, 0) is 116 Å². The number of carbonyl (C=O) groups excluding carboxylic acids is 13. The Morgan fingerprint density at radius 1 is 0.590 bits per heavy atom. The number of carboxylic acids is 1. The maximum absolute atomic E-state index is 15.1. The van der Waals surface area contributed by atoms with E-state index in [2.05, 4.69) is 73.1 Å². The highest BCUT2D eigenvalue weighted by molar-refractivity contribution is 8.76. The number of nitrogens with zero attached hydrogens (tertiary/aromatic N) is 3. The predicted octanol–water partition coefficient (Wildman–Crippen LogP) is 2.19. The average molecular weight is 1660 g/mol. The van der Waals surface area contributed by atoms with Crippen molar-refractivity contribution < 1.29 is 77.3 Å². The van der Waals surface area contributed by atoms with Gasteiger partial charge in [0.25, 0.3) is 0 Å². The van der Waals surface area contributed by atoms with Crippen LogP contribution in [0.2, 0.25) is 0 Å². The van der Waals surface area contributed by atoms with Crippen LogP contribution in [0.3, 0.4) is 0 Å². The van der Waals surface area contributed by atoms with Gasteiger partial charge in [-0.15, -0.1) is 0 Å². The van der Waals surface area contributed by atoms with Crippen LogP contribution in [0.5, 0.6) is 5.75 Å². The second-order valence-corrected chi connectivity index (χ2v) is 33.9. The number of phenolic OH excluding ortho intramolecular Hbond substituents is 1. The molecular weight excluding hydrogens is 1550 g/mol. The Kier molecular flexibility index (Phi) is 32.8. The summed E-state index contributed by atoms with van der Waals surface area (Å²) in [6, 6.07) is 3.46. The number of aliphatic carboxylic acids is 1. The summed E-state index contributed by atoms with van der Waals surface area (Å²) in [7, 11) is 2.13. The minimum atomic E-state index is -1.59. The van der Waals surface area contributed by atoms with Crippen LogP contribution in [0.25, 0.3) is 21.8 Å². The molecule has 9 rings (SSSR count). The summed E-state index contributed by atoms with van der Waals surface area (Å²) in [5, 5.41) is 49.2. The van der Waals surface area contributed by atoms with E-state index >= 15 is 19.2 Å². The zero-order chi connectivity index (χ0) is 84.7. The lowest BCUT2D eigenvalue weighted by Gasteiger charge is -2.33. The monoisotopic (exact) mass is 1650 g/mol. The third-order valence-corrected chi connectivity index (χ3v) is 23.4. The van der Waals surface area contributed by atoms with Gasteiger partial charge in [-0.25, -0.2) is 9.78 Å². The van der Waals surface area contributed by atoms with Crippen molar-refractivity contribution in [3.05, 3.63) is 120 Å². The molecule has 117 heavy (non-hydrogen) atoms. The zero-order valence-corrected chi connectivity index (χ0v) is 68.5. The first-order chi connectivity index (χ1) is 55.9. The molecule has 3 aliphatic rings. The third kappa shape index (κ3) is 25.3. The van der Waals surface area contributed by atoms with E-state index in [9.17, 15) is 58.2 Å². The van der Waals surface area contributed by atoms with Crippen LogP contribution in [0.1, 0.15) is 141 Å². The van der Waals surface area contributed by atoms with Gasteiger partial charge in [0.05, 0.1) is 12.4 Å². The molecule has 0 aliphatic carbocycles. The first-order valence-electron chi connectivity index (χ1n) is 39.9. The van der Waals surface area contributed by atoms with Crippen molar-refractivity contribution >= 4 is 126 Å². The molecule has 3 aromatic carbocycles. The number of fused-ring (bicyclic) bond motifs is 3. The van der Waals surface area contributed by atoms with E-state index < -0.39 is 174 Å². The van der Waals surface area contributed by atoms with Crippen molar-refractivity contribution in [2.24, 2.45) is 29.2 Å². The maximum Gasteiger partial charge on any atom is 0.326 e. The number of nitrogens with two attached hydrogens (primary N) is 2. The lowest BCUT2D eigenvalue weighted by molar-refractivity contribution is -0.144. The number of rotatable bonds is 37.